The fourth-order valence-electron chi connectivity index (χ4n) is 0.972. The first-order chi connectivity index (χ1) is 6.74. The van der Waals surface area contributed by atoms with Gasteiger partial charge in [-0.2, -0.15) is 0 Å². The molecule has 0 saturated heterocycles. The van der Waals surface area contributed by atoms with Gasteiger partial charge in [0.2, 0.25) is 0 Å². The maximum Gasteiger partial charge on any atom is 0.159 e. The van der Waals surface area contributed by atoms with E-state index in [1.165, 1.54) is 0 Å². The molecule has 0 aliphatic rings. The lowest BCUT2D eigenvalue weighted by molar-refractivity contribution is 0.101. The van der Waals surface area contributed by atoms with E-state index in [-0.39, 0.29) is 5.78 Å². The molecular weight excluding hydrogens is 176 g/mol. The zero-order chi connectivity index (χ0) is 11.0. The zero-order valence-electron chi connectivity index (χ0n) is 9.33. The highest BCUT2D eigenvalue weighted by atomic mass is 16.5. The summed E-state index contributed by atoms with van der Waals surface area (Å²) in [4.78, 5) is 10.9. The summed E-state index contributed by atoms with van der Waals surface area (Å²) in [6.45, 7) is 8.09. The van der Waals surface area contributed by atoms with Crippen molar-refractivity contribution in [2.75, 3.05) is 6.61 Å². The molecule has 0 heterocycles. The largest absolute Gasteiger partial charge is 0.494 e. The van der Waals surface area contributed by atoms with Crippen molar-refractivity contribution in [3.63, 3.8) is 0 Å². The quantitative estimate of drug-likeness (QED) is 0.690. The highest BCUT2D eigenvalue weighted by Crippen LogP contribution is 2.13. The Balaban J connectivity index is 0.000000791. The Hall–Kier alpha value is -1.31. The molecule has 78 valence electrons. The Labute approximate surface area is 85.9 Å². The third kappa shape index (κ3) is 4.08. The summed E-state index contributed by atoms with van der Waals surface area (Å²) in [5.41, 5.74) is 0.695. The molecular formula is C12H18O2. The Morgan fingerprint density at radius 3 is 2.50 bits per heavy atom. The molecule has 0 amide bonds. The summed E-state index contributed by atoms with van der Waals surface area (Å²) >= 11 is 0. The van der Waals surface area contributed by atoms with Crippen molar-refractivity contribution in [1.82, 2.24) is 0 Å². The number of ether oxygens (including phenoxy) is 1. The number of hydrogen-bond acceptors (Lipinski definition) is 2. The van der Waals surface area contributed by atoms with Crippen molar-refractivity contribution in [2.24, 2.45) is 0 Å². The van der Waals surface area contributed by atoms with E-state index < -0.39 is 0 Å². The summed E-state index contributed by atoms with van der Waals surface area (Å²) in [5, 5.41) is 0. The first kappa shape index (κ1) is 12.7. The molecule has 0 aliphatic heterocycles. The van der Waals surface area contributed by atoms with Crippen LogP contribution in [0.25, 0.3) is 0 Å². The lowest BCUT2D eigenvalue weighted by atomic mass is 10.1. The maximum absolute atomic E-state index is 10.9. The zero-order valence-corrected chi connectivity index (χ0v) is 9.33. The number of rotatable bonds is 3. The van der Waals surface area contributed by atoms with Crippen LogP contribution in [0.15, 0.2) is 24.3 Å². The molecule has 1 rings (SSSR count). The van der Waals surface area contributed by atoms with E-state index in [0.29, 0.717) is 12.2 Å². The minimum Gasteiger partial charge on any atom is -0.494 e. The molecule has 14 heavy (non-hydrogen) atoms. The Bertz CT molecular complexity index is 279. The number of hydrogen-bond donors (Lipinski definition) is 0. The molecule has 0 spiro atoms. The average molecular weight is 194 g/mol. The number of carbonyl (C=O) groups excluding carboxylic acids is 1. The summed E-state index contributed by atoms with van der Waals surface area (Å²) < 4.78 is 5.24. The van der Waals surface area contributed by atoms with Gasteiger partial charge in [0.15, 0.2) is 5.78 Å². The van der Waals surface area contributed by atoms with Gasteiger partial charge in [-0.15, -0.1) is 0 Å². The Kier molecular flexibility index (Phi) is 6.46. The van der Waals surface area contributed by atoms with Gasteiger partial charge in [0, 0.05) is 5.56 Å². The van der Waals surface area contributed by atoms with Crippen LogP contribution >= 0.6 is 0 Å². The van der Waals surface area contributed by atoms with E-state index in [1.807, 2.05) is 32.9 Å². The molecule has 2 heteroatoms. The van der Waals surface area contributed by atoms with Crippen LogP contribution in [-0.2, 0) is 0 Å². The van der Waals surface area contributed by atoms with Crippen molar-refractivity contribution in [3.05, 3.63) is 29.8 Å². The molecule has 0 bridgehead atoms. The van der Waals surface area contributed by atoms with E-state index in [0.717, 1.165) is 5.75 Å². The number of Topliss-reactive ketones (excluding diaryl/α,β-unsaturated/α-hetero) is 1. The molecule has 0 atom stereocenters. The van der Waals surface area contributed by atoms with E-state index in [4.69, 9.17) is 4.74 Å². The van der Waals surface area contributed by atoms with Crippen molar-refractivity contribution in [2.45, 2.75) is 27.7 Å². The second kappa shape index (κ2) is 7.13. The molecule has 1 aromatic rings. The van der Waals surface area contributed by atoms with Gasteiger partial charge in [0.25, 0.3) is 0 Å². The number of benzene rings is 1. The highest BCUT2D eigenvalue weighted by molar-refractivity contribution is 5.94. The van der Waals surface area contributed by atoms with Crippen LogP contribution in [0.2, 0.25) is 0 Å². The fourth-order valence-corrected chi connectivity index (χ4v) is 0.972. The SMILES string of the molecule is CC.CCOc1cccc(C(C)=O)c1. The highest BCUT2D eigenvalue weighted by Gasteiger charge is 1.99. The van der Waals surface area contributed by atoms with Crippen LogP contribution in [0, 0.1) is 0 Å². The average Bonchev–Trinajstić information content (AvgIpc) is 2.22. The first-order valence-electron chi connectivity index (χ1n) is 4.98. The van der Waals surface area contributed by atoms with Gasteiger partial charge >= 0.3 is 0 Å². The lowest BCUT2D eigenvalue weighted by Crippen LogP contribution is -1.95. The molecule has 0 radical (unpaired) electrons. The molecule has 0 aromatic heterocycles. The van der Waals surface area contributed by atoms with Crippen molar-refractivity contribution < 1.29 is 9.53 Å². The van der Waals surface area contributed by atoms with Gasteiger partial charge < -0.3 is 4.74 Å². The number of carbonyl (C=O) groups is 1. The molecule has 0 unspecified atom stereocenters. The third-order valence-corrected chi connectivity index (χ3v) is 1.55. The molecule has 2 nitrogen and oxygen atoms in total. The fraction of sp³-hybridized carbons (Fsp3) is 0.417. The molecule has 0 N–H and O–H groups in total. The van der Waals surface area contributed by atoms with Crippen LogP contribution in [-0.4, -0.2) is 12.4 Å². The minimum atomic E-state index is 0.0663. The monoisotopic (exact) mass is 194 g/mol. The summed E-state index contributed by atoms with van der Waals surface area (Å²) in [6.07, 6.45) is 0. The predicted molar refractivity (Wildman–Crippen MR) is 59.0 cm³/mol. The van der Waals surface area contributed by atoms with Crippen LogP contribution in [0.3, 0.4) is 0 Å². The topological polar surface area (TPSA) is 26.3 Å². The van der Waals surface area contributed by atoms with Crippen LogP contribution in [0.4, 0.5) is 0 Å². The molecule has 1 aromatic carbocycles. The van der Waals surface area contributed by atoms with Crippen LogP contribution in [0.1, 0.15) is 38.1 Å². The summed E-state index contributed by atoms with van der Waals surface area (Å²) in [6, 6.07) is 7.20. The van der Waals surface area contributed by atoms with Gasteiger partial charge in [0.05, 0.1) is 6.61 Å². The summed E-state index contributed by atoms with van der Waals surface area (Å²) in [5.74, 6) is 0.821. The third-order valence-electron chi connectivity index (χ3n) is 1.55. The maximum atomic E-state index is 10.9. The predicted octanol–water partition coefficient (Wildman–Crippen LogP) is 3.31. The Morgan fingerprint density at radius 2 is 2.00 bits per heavy atom. The van der Waals surface area contributed by atoms with Crippen LogP contribution in [0.5, 0.6) is 5.75 Å². The smallest absolute Gasteiger partial charge is 0.159 e. The van der Waals surface area contributed by atoms with Gasteiger partial charge in [-0.05, 0) is 26.0 Å². The van der Waals surface area contributed by atoms with Crippen LogP contribution < -0.4 is 4.74 Å². The van der Waals surface area contributed by atoms with E-state index >= 15 is 0 Å². The van der Waals surface area contributed by atoms with Crippen molar-refractivity contribution in [3.8, 4) is 5.75 Å². The lowest BCUT2D eigenvalue weighted by Gasteiger charge is -2.02. The van der Waals surface area contributed by atoms with Gasteiger partial charge in [-0.25, -0.2) is 0 Å². The first-order valence-corrected chi connectivity index (χ1v) is 4.98. The van der Waals surface area contributed by atoms with E-state index in [2.05, 4.69) is 0 Å². The normalized spacial score (nSPS) is 8.57. The van der Waals surface area contributed by atoms with E-state index in [9.17, 15) is 4.79 Å². The number of ketones is 1. The van der Waals surface area contributed by atoms with Crippen molar-refractivity contribution >= 4 is 5.78 Å². The standard InChI is InChI=1S/C10H12O2.C2H6/c1-3-12-10-6-4-5-9(7-10)8(2)11;1-2/h4-7H,3H2,1-2H3;1-2H3. The van der Waals surface area contributed by atoms with Gasteiger partial charge in [-0.1, -0.05) is 26.0 Å². The van der Waals surface area contributed by atoms with Gasteiger partial charge in [0.1, 0.15) is 5.75 Å². The van der Waals surface area contributed by atoms with E-state index in [1.54, 1.807) is 19.1 Å². The molecule has 0 fully saturated rings. The summed E-state index contributed by atoms with van der Waals surface area (Å²) in [7, 11) is 0. The Morgan fingerprint density at radius 1 is 1.36 bits per heavy atom. The van der Waals surface area contributed by atoms with Gasteiger partial charge in [-0.3, -0.25) is 4.79 Å². The van der Waals surface area contributed by atoms with Crippen molar-refractivity contribution in [1.29, 1.82) is 0 Å². The molecule has 0 saturated carbocycles. The second-order valence-corrected chi connectivity index (χ2v) is 2.52. The minimum absolute atomic E-state index is 0.0663. The molecule has 0 aliphatic carbocycles. The second-order valence-electron chi connectivity index (χ2n) is 2.52.